The largest absolute Gasteiger partial charge is 0.326 e. The Hall–Kier alpha value is -4.29. The highest BCUT2D eigenvalue weighted by Crippen LogP contribution is 2.21. The molecular formula is C22H18FN7O. The second-order valence-corrected chi connectivity index (χ2v) is 6.78. The maximum Gasteiger partial charge on any atom is 0.274 e. The topological polar surface area (TPSA) is 115 Å². The lowest BCUT2D eigenvalue weighted by Gasteiger charge is -2.11. The van der Waals surface area contributed by atoms with Crippen LogP contribution in [-0.4, -0.2) is 25.2 Å². The van der Waals surface area contributed by atoms with Crippen LogP contribution in [0.1, 0.15) is 27.6 Å². The number of amides is 1. The van der Waals surface area contributed by atoms with E-state index in [4.69, 9.17) is 5.73 Å². The zero-order valence-electron chi connectivity index (χ0n) is 16.6. The van der Waals surface area contributed by atoms with Gasteiger partial charge in [-0.25, -0.2) is 14.1 Å². The number of nitrogens with one attached hydrogen (secondary N) is 1. The molecule has 9 heteroatoms. The van der Waals surface area contributed by atoms with Crippen molar-refractivity contribution in [2.24, 2.45) is 5.73 Å². The third-order valence-electron chi connectivity index (χ3n) is 4.75. The number of nitrogens with two attached hydrogens (primary N) is 1. The standard InChI is InChI=1S/C22H18FN7O/c1-14-26-7-8-29(14)17-5-6-20(19(23)11-17)27-22(31)21-10-16(13-25)28-30(21)18-4-2-3-15(9-18)12-24/h2-11H,12,24H2,1H3,(H,27,31). The number of carbonyl (C=O) groups is 1. The fourth-order valence-corrected chi connectivity index (χ4v) is 3.20. The molecule has 0 aliphatic carbocycles. The van der Waals surface area contributed by atoms with Crippen molar-refractivity contribution in [2.75, 3.05) is 5.32 Å². The molecule has 0 unspecified atom stereocenters. The highest BCUT2D eigenvalue weighted by Gasteiger charge is 2.19. The average molecular weight is 415 g/mol. The number of hydrogen-bond donors (Lipinski definition) is 2. The Kier molecular flexibility index (Phi) is 5.30. The molecule has 1 amide bonds. The summed E-state index contributed by atoms with van der Waals surface area (Å²) in [6.07, 6.45) is 3.34. The van der Waals surface area contributed by atoms with Crippen molar-refractivity contribution >= 4 is 11.6 Å². The SMILES string of the molecule is Cc1nccn1-c1ccc(NC(=O)c2cc(C#N)nn2-c2cccc(CN)c2)c(F)c1. The Morgan fingerprint density at radius 3 is 2.74 bits per heavy atom. The van der Waals surface area contributed by atoms with Gasteiger partial charge in [-0.15, -0.1) is 0 Å². The van der Waals surface area contributed by atoms with Crippen molar-refractivity contribution in [1.82, 2.24) is 19.3 Å². The number of nitriles is 1. The highest BCUT2D eigenvalue weighted by molar-refractivity contribution is 6.03. The van der Waals surface area contributed by atoms with E-state index < -0.39 is 11.7 Å². The number of halogens is 1. The van der Waals surface area contributed by atoms with Gasteiger partial charge in [-0.2, -0.15) is 10.4 Å². The van der Waals surface area contributed by atoms with Crippen LogP contribution in [0.2, 0.25) is 0 Å². The second kappa shape index (κ2) is 8.22. The number of aryl methyl sites for hydroxylation is 1. The van der Waals surface area contributed by atoms with Gasteiger partial charge in [0.25, 0.3) is 5.91 Å². The summed E-state index contributed by atoms with van der Waals surface area (Å²) in [6, 6.07) is 14.9. The van der Waals surface area contributed by atoms with E-state index in [-0.39, 0.29) is 17.1 Å². The van der Waals surface area contributed by atoms with E-state index in [1.165, 1.54) is 22.9 Å². The smallest absolute Gasteiger partial charge is 0.274 e. The van der Waals surface area contributed by atoms with Gasteiger partial charge in [0.05, 0.1) is 11.4 Å². The molecule has 154 valence electrons. The first-order chi connectivity index (χ1) is 15.0. The summed E-state index contributed by atoms with van der Waals surface area (Å²) in [7, 11) is 0. The predicted molar refractivity (Wildman–Crippen MR) is 112 cm³/mol. The summed E-state index contributed by atoms with van der Waals surface area (Å²) in [5, 5.41) is 16.0. The molecule has 8 nitrogen and oxygen atoms in total. The number of benzene rings is 2. The summed E-state index contributed by atoms with van der Waals surface area (Å²) in [5.74, 6) is -0.489. The molecule has 2 heterocycles. The minimum atomic E-state index is -0.601. The van der Waals surface area contributed by atoms with Crippen LogP contribution in [0.3, 0.4) is 0 Å². The van der Waals surface area contributed by atoms with Crippen LogP contribution in [-0.2, 0) is 6.54 Å². The first-order valence-electron chi connectivity index (χ1n) is 9.41. The van der Waals surface area contributed by atoms with Crippen LogP contribution < -0.4 is 11.1 Å². The van der Waals surface area contributed by atoms with Gasteiger partial charge >= 0.3 is 0 Å². The van der Waals surface area contributed by atoms with Crippen LogP contribution in [0.15, 0.2) is 60.9 Å². The van der Waals surface area contributed by atoms with Crippen LogP contribution in [0.4, 0.5) is 10.1 Å². The molecule has 0 spiro atoms. The third-order valence-corrected chi connectivity index (χ3v) is 4.75. The van der Waals surface area contributed by atoms with Crippen LogP contribution in [0.25, 0.3) is 11.4 Å². The normalized spacial score (nSPS) is 10.6. The van der Waals surface area contributed by atoms with Gasteiger partial charge in [0.1, 0.15) is 23.4 Å². The minimum absolute atomic E-state index is 0.00786. The number of imidazole rings is 1. The third kappa shape index (κ3) is 3.92. The molecular weight excluding hydrogens is 397 g/mol. The molecule has 0 saturated heterocycles. The van der Waals surface area contributed by atoms with E-state index in [2.05, 4.69) is 15.4 Å². The highest BCUT2D eigenvalue weighted by atomic mass is 19.1. The maximum absolute atomic E-state index is 14.7. The first kappa shape index (κ1) is 20.0. The molecule has 0 atom stereocenters. The molecule has 2 aromatic heterocycles. The Balaban J connectivity index is 1.66. The zero-order valence-corrected chi connectivity index (χ0v) is 16.6. The molecule has 0 bridgehead atoms. The van der Waals surface area contributed by atoms with E-state index in [0.29, 0.717) is 23.7 Å². The molecule has 0 saturated carbocycles. The number of anilines is 1. The molecule has 3 N–H and O–H groups in total. The van der Waals surface area contributed by atoms with Crippen LogP contribution >= 0.6 is 0 Å². The van der Waals surface area contributed by atoms with Crippen molar-refractivity contribution in [1.29, 1.82) is 5.26 Å². The van der Waals surface area contributed by atoms with Crippen molar-refractivity contribution in [3.8, 4) is 17.4 Å². The summed E-state index contributed by atoms with van der Waals surface area (Å²) in [5.41, 5.74) is 7.86. The number of carbonyl (C=O) groups excluding carboxylic acids is 1. The van der Waals surface area contributed by atoms with Crippen molar-refractivity contribution in [3.63, 3.8) is 0 Å². The Morgan fingerprint density at radius 2 is 2.06 bits per heavy atom. The number of rotatable bonds is 5. The van der Waals surface area contributed by atoms with Gasteiger partial charge in [-0.05, 0) is 36.8 Å². The summed E-state index contributed by atoms with van der Waals surface area (Å²) >= 11 is 0. The summed E-state index contributed by atoms with van der Waals surface area (Å²) in [6.45, 7) is 2.12. The summed E-state index contributed by atoms with van der Waals surface area (Å²) in [4.78, 5) is 17.0. The molecule has 0 radical (unpaired) electrons. The monoisotopic (exact) mass is 415 g/mol. The molecule has 31 heavy (non-hydrogen) atoms. The van der Waals surface area contributed by atoms with Crippen molar-refractivity contribution in [2.45, 2.75) is 13.5 Å². The Bertz CT molecular complexity index is 1320. The van der Waals surface area contributed by atoms with E-state index in [9.17, 15) is 14.4 Å². The summed E-state index contributed by atoms with van der Waals surface area (Å²) < 4.78 is 17.8. The molecule has 0 aliphatic rings. The van der Waals surface area contributed by atoms with Gasteiger partial charge in [0.15, 0.2) is 5.69 Å². The van der Waals surface area contributed by atoms with Gasteiger partial charge in [0, 0.05) is 36.8 Å². The fraction of sp³-hybridized carbons (Fsp3) is 0.0909. The second-order valence-electron chi connectivity index (χ2n) is 6.78. The van der Waals surface area contributed by atoms with Gasteiger partial charge in [0.2, 0.25) is 0 Å². The molecule has 0 fully saturated rings. The lowest BCUT2D eigenvalue weighted by molar-refractivity contribution is 0.101. The Morgan fingerprint density at radius 1 is 1.23 bits per heavy atom. The van der Waals surface area contributed by atoms with E-state index in [1.54, 1.807) is 48.1 Å². The van der Waals surface area contributed by atoms with Crippen LogP contribution in [0, 0.1) is 24.1 Å². The van der Waals surface area contributed by atoms with Gasteiger partial charge in [-0.1, -0.05) is 12.1 Å². The lowest BCUT2D eigenvalue weighted by atomic mass is 10.2. The molecule has 4 aromatic rings. The van der Waals surface area contributed by atoms with Crippen molar-refractivity contribution < 1.29 is 9.18 Å². The molecule has 4 rings (SSSR count). The van der Waals surface area contributed by atoms with Crippen LogP contribution in [0.5, 0.6) is 0 Å². The van der Waals surface area contributed by atoms with Gasteiger partial charge < -0.3 is 15.6 Å². The van der Waals surface area contributed by atoms with E-state index >= 15 is 0 Å². The predicted octanol–water partition coefficient (Wildman–Crippen LogP) is 3.09. The van der Waals surface area contributed by atoms with E-state index in [0.717, 1.165) is 5.56 Å². The minimum Gasteiger partial charge on any atom is -0.326 e. The average Bonchev–Trinajstić information content (AvgIpc) is 3.41. The first-order valence-corrected chi connectivity index (χ1v) is 9.41. The Labute approximate surface area is 177 Å². The number of nitrogens with zero attached hydrogens (tertiary/aromatic N) is 5. The maximum atomic E-state index is 14.7. The van der Waals surface area contributed by atoms with Gasteiger partial charge in [-0.3, -0.25) is 4.79 Å². The van der Waals surface area contributed by atoms with E-state index in [1.807, 2.05) is 12.1 Å². The quantitative estimate of drug-likeness (QED) is 0.520. The lowest BCUT2D eigenvalue weighted by Crippen LogP contribution is -2.18. The molecule has 0 aliphatic heterocycles. The van der Waals surface area contributed by atoms with Crippen molar-refractivity contribution in [3.05, 3.63) is 89.5 Å². The number of hydrogen-bond acceptors (Lipinski definition) is 5. The molecule has 2 aromatic carbocycles. The zero-order chi connectivity index (χ0) is 22.0. The number of aromatic nitrogens is 4. The fourth-order valence-electron chi connectivity index (χ4n) is 3.20.